The number of nitrogens with zero attached hydrogens (tertiary/aromatic N) is 1. The first-order valence-electron chi connectivity index (χ1n) is 8.13. The number of pyridine rings is 1. The van der Waals surface area contributed by atoms with Crippen LogP contribution in [0, 0.1) is 0 Å². The standard InChI is InChI=1S/C19H24N2O3/c1-13(2)24-17-10-7-11-20-18(17)19(23)21-14(3)12-16(22)15-8-5-4-6-9-15/h4-11,13-14,16,22H,12H2,1-3H3,(H,21,23). The lowest BCUT2D eigenvalue weighted by Crippen LogP contribution is -2.34. The predicted molar refractivity (Wildman–Crippen MR) is 92.9 cm³/mol. The number of rotatable bonds is 7. The van der Waals surface area contributed by atoms with Crippen LogP contribution in [0.25, 0.3) is 0 Å². The number of aliphatic hydroxyl groups is 1. The maximum atomic E-state index is 12.4. The molecular formula is C19H24N2O3. The molecule has 0 radical (unpaired) electrons. The number of carbonyl (C=O) groups excluding carboxylic acids is 1. The van der Waals surface area contributed by atoms with Crippen molar-refractivity contribution in [3.05, 3.63) is 59.9 Å². The number of aromatic nitrogens is 1. The average molecular weight is 328 g/mol. The molecule has 2 unspecified atom stereocenters. The van der Waals surface area contributed by atoms with Crippen molar-refractivity contribution in [1.82, 2.24) is 10.3 Å². The molecule has 1 amide bonds. The number of amides is 1. The minimum Gasteiger partial charge on any atom is -0.489 e. The summed E-state index contributed by atoms with van der Waals surface area (Å²) in [7, 11) is 0. The van der Waals surface area contributed by atoms with Crippen molar-refractivity contribution in [1.29, 1.82) is 0 Å². The topological polar surface area (TPSA) is 71.5 Å². The highest BCUT2D eigenvalue weighted by Gasteiger charge is 2.19. The van der Waals surface area contributed by atoms with Crippen LogP contribution in [-0.2, 0) is 0 Å². The van der Waals surface area contributed by atoms with Crippen molar-refractivity contribution in [3.63, 3.8) is 0 Å². The van der Waals surface area contributed by atoms with E-state index in [0.29, 0.717) is 12.2 Å². The molecule has 0 aliphatic heterocycles. The Morgan fingerprint density at radius 3 is 2.54 bits per heavy atom. The molecule has 0 fully saturated rings. The smallest absolute Gasteiger partial charge is 0.273 e. The van der Waals surface area contributed by atoms with Gasteiger partial charge in [-0.05, 0) is 44.9 Å². The van der Waals surface area contributed by atoms with Crippen molar-refractivity contribution < 1.29 is 14.6 Å². The van der Waals surface area contributed by atoms with Gasteiger partial charge in [-0.25, -0.2) is 4.98 Å². The molecule has 0 aliphatic carbocycles. The van der Waals surface area contributed by atoms with Gasteiger partial charge < -0.3 is 15.2 Å². The van der Waals surface area contributed by atoms with E-state index in [-0.39, 0.29) is 23.7 Å². The third kappa shape index (κ3) is 5.06. The highest BCUT2D eigenvalue weighted by Crippen LogP contribution is 2.20. The van der Waals surface area contributed by atoms with Crippen LogP contribution in [0.2, 0.25) is 0 Å². The van der Waals surface area contributed by atoms with Crippen LogP contribution < -0.4 is 10.1 Å². The van der Waals surface area contributed by atoms with E-state index in [9.17, 15) is 9.90 Å². The fourth-order valence-electron chi connectivity index (χ4n) is 2.41. The highest BCUT2D eigenvalue weighted by atomic mass is 16.5. The van der Waals surface area contributed by atoms with Gasteiger partial charge in [-0.1, -0.05) is 30.3 Å². The second-order valence-electron chi connectivity index (χ2n) is 6.05. The van der Waals surface area contributed by atoms with E-state index in [0.717, 1.165) is 5.56 Å². The van der Waals surface area contributed by atoms with Gasteiger partial charge in [0.05, 0.1) is 12.2 Å². The summed E-state index contributed by atoms with van der Waals surface area (Å²) in [5, 5.41) is 13.1. The molecule has 24 heavy (non-hydrogen) atoms. The molecule has 1 aromatic heterocycles. The van der Waals surface area contributed by atoms with Gasteiger partial charge in [0.15, 0.2) is 11.4 Å². The molecular weight excluding hydrogens is 304 g/mol. The van der Waals surface area contributed by atoms with Gasteiger partial charge in [0.25, 0.3) is 5.91 Å². The summed E-state index contributed by atoms with van der Waals surface area (Å²) in [6.45, 7) is 5.65. The monoisotopic (exact) mass is 328 g/mol. The van der Waals surface area contributed by atoms with Crippen molar-refractivity contribution in [2.75, 3.05) is 0 Å². The quantitative estimate of drug-likeness (QED) is 0.819. The molecule has 0 spiro atoms. The Balaban J connectivity index is 1.99. The lowest BCUT2D eigenvalue weighted by atomic mass is 10.0. The third-order valence-corrected chi connectivity index (χ3v) is 3.49. The first-order chi connectivity index (χ1) is 11.5. The van der Waals surface area contributed by atoms with E-state index >= 15 is 0 Å². The highest BCUT2D eigenvalue weighted by molar-refractivity contribution is 5.95. The van der Waals surface area contributed by atoms with Crippen LogP contribution in [0.5, 0.6) is 5.75 Å². The van der Waals surface area contributed by atoms with Crippen molar-refractivity contribution in [2.45, 2.75) is 45.4 Å². The SMILES string of the molecule is CC(CC(O)c1ccccc1)NC(=O)c1ncccc1OC(C)C. The van der Waals surface area contributed by atoms with Crippen LogP contribution >= 0.6 is 0 Å². The fraction of sp³-hybridized carbons (Fsp3) is 0.368. The molecule has 1 heterocycles. The first-order valence-corrected chi connectivity index (χ1v) is 8.13. The van der Waals surface area contributed by atoms with Crippen LogP contribution in [0.3, 0.4) is 0 Å². The second-order valence-corrected chi connectivity index (χ2v) is 6.05. The summed E-state index contributed by atoms with van der Waals surface area (Å²) < 4.78 is 5.63. The zero-order valence-corrected chi connectivity index (χ0v) is 14.3. The largest absolute Gasteiger partial charge is 0.489 e. The Morgan fingerprint density at radius 2 is 1.88 bits per heavy atom. The maximum absolute atomic E-state index is 12.4. The van der Waals surface area contributed by atoms with Gasteiger partial charge in [-0.15, -0.1) is 0 Å². The number of hydrogen-bond donors (Lipinski definition) is 2. The van der Waals surface area contributed by atoms with Gasteiger partial charge in [0.2, 0.25) is 0 Å². The Bertz CT molecular complexity index is 659. The second kappa shape index (κ2) is 8.45. The summed E-state index contributed by atoms with van der Waals surface area (Å²) >= 11 is 0. The van der Waals surface area contributed by atoms with Crippen molar-refractivity contribution in [2.24, 2.45) is 0 Å². The summed E-state index contributed by atoms with van der Waals surface area (Å²) in [5.74, 6) is 0.153. The van der Waals surface area contributed by atoms with Crippen molar-refractivity contribution >= 4 is 5.91 Å². The molecule has 2 atom stereocenters. The van der Waals surface area contributed by atoms with E-state index in [1.165, 1.54) is 0 Å². The van der Waals surface area contributed by atoms with Crippen molar-refractivity contribution in [3.8, 4) is 5.75 Å². The van der Waals surface area contributed by atoms with E-state index in [4.69, 9.17) is 4.74 Å². The molecule has 1 aromatic carbocycles. The molecule has 128 valence electrons. The third-order valence-electron chi connectivity index (χ3n) is 3.49. The Kier molecular flexibility index (Phi) is 6.32. The molecule has 2 N–H and O–H groups in total. The van der Waals surface area contributed by atoms with E-state index in [1.807, 2.05) is 51.1 Å². The minimum absolute atomic E-state index is 0.0434. The van der Waals surface area contributed by atoms with Gasteiger partial charge in [0, 0.05) is 12.2 Å². The van der Waals surface area contributed by atoms with Crippen LogP contribution in [0.4, 0.5) is 0 Å². The van der Waals surface area contributed by atoms with E-state index in [2.05, 4.69) is 10.3 Å². The zero-order valence-electron chi connectivity index (χ0n) is 14.3. The Morgan fingerprint density at radius 1 is 1.17 bits per heavy atom. The Labute approximate surface area is 142 Å². The number of nitrogens with one attached hydrogen (secondary N) is 1. The number of hydrogen-bond acceptors (Lipinski definition) is 4. The van der Waals surface area contributed by atoms with Gasteiger partial charge in [-0.2, -0.15) is 0 Å². The van der Waals surface area contributed by atoms with Crippen LogP contribution in [-0.4, -0.2) is 28.1 Å². The molecule has 0 saturated heterocycles. The summed E-state index contributed by atoms with van der Waals surface area (Å²) in [6, 6.07) is 12.7. The Hall–Kier alpha value is -2.40. The number of aliphatic hydroxyl groups excluding tert-OH is 1. The molecule has 5 heteroatoms. The van der Waals surface area contributed by atoms with E-state index < -0.39 is 6.10 Å². The minimum atomic E-state index is -0.628. The summed E-state index contributed by atoms with van der Waals surface area (Å²) in [5.41, 5.74) is 1.09. The summed E-state index contributed by atoms with van der Waals surface area (Å²) in [4.78, 5) is 16.6. The predicted octanol–water partition coefficient (Wildman–Crippen LogP) is 3.11. The molecule has 0 bridgehead atoms. The van der Waals surface area contributed by atoms with Gasteiger partial charge in [0.1, 0.15) is 0 Å². The van der Waals surface area contributed by atoms with E-state index in [1.54, 1.807) is 18.3 Å². The fourth-order valence-corrected chi connectivity index (χ4v) is 2.41. The molecule has 0 saturated carbocycles. The zero-order chi connectivity index (χ0) is 17.5. The van der Waals surface area contributed by atoms with Crippen LogP contribution in [0.15, 0.2) is 48.7 Å². The first kappa shape index (κ1) is 17.9. The van der Waals surface area contributed by atoms with Gasteiger partial charge in [-0.3, -0.25) is 4.79 Å². The van der Waals surface area contributed by atoms with Crippen LogP contribution in [0.1, 0.15) is 49.3 Å². The maximum Gasteiger partial charge on any atom is 0.273 e. The molecule has 0 aliphatic rings. The molecule has 2 rings (SSSR count). The lowest BCUT2D eigenvalue weighted by molar-refractivity contribution is 0.0905. The average Bonchev–Trinajstić information content (AvgIpc) is 2.55. The number of carbonyl (C=O) groups is 1. The normalized spacial score (nSPS) is 13.4. The number of benzene rings is 1. The van der Waals surface area contributed by atoms with Gasteiger partial charge >= 0.3 is 0 Å². The summed E-state index contributed by atoms with van der Waals surface area (Å²) in [6.07, 6.45) is 1.31. The number of ether oxygens (including phenoxy) is 1. The molecule has 5 nitrogen and oxygen atoms in total. The molecule has 2 aromatic rings. The lowest BCUT2D eigenvalue weighted by Gasteiger charge is -2.19.